The summed E-state index contributed by atoms with van der Waals surface area (Å²) in [6.07, 6.45) is 1.48. The van der Waals surface area contributed by atoms with Crippen molar-refractivity contribution in [3.63, 3.8) is 0 Å². The van der Waals surface area contributed by atoms with Gasteiger partial charge in [-0.05, 0) is 23.8 Å². The highest BCUT2D eigenvalue weighted by molar-refractivity contribution is 6.12. The van der Waals surface area contributed by atoms with Crippen molar-refractivity contribution in [3.05, 3.63) is 35.5 Å². The molecule has 0 aromatic heterocycles. The Bertz CT molecular complexity index is 1140. The molecule has 2 aliphatic rings. The van der Waals surface area contributed by atoms with Gasteiger partial charge in [-0.2, -0.15) is 0 Å². The summed E-state index contributed by atoms with van der Waals surface area (Å²) >= 11 is 0. The van der Waals surface area contributed by atoms with Gasteiger partial charge < -0.3 is 10.6 Å². The Morgan fingerprint density at radius 3 is 1.64 bits per heavy atom. The fourth-order valence-corrected chi connectivity index (χ4v) is 3.18. The fraction of sp³-hybridized carbons (Fsp3) is 0.304. The number of anilines is 1. The van der Waals surface area contributed by atoms with Crippen LogP contribution < -0.4 is 10.6 Å². The number of hydrogen-bond donors (Lipinski definition) is 2. The van der Waals surface area contributed by atoms with E-state index in [0.29, 0.717) is 11.3 Å². The molecular formula is C23H25N5O8. The van der Waals surface area contributed by atoms with Crippen molar-refractivity contribution >= 4 is 59.0 Å². The third-order valence-corrected chi connectivity index (χ3v) is 4.92. The molecule has 0 radical (unpaired) electrons. The second kappa shape index (κ2) is 11.6. The van der Waals surface area contributed by atoms with Gasteiger partial charge in [-0.15, -0.1) is 0 Å². The molecule has 8 amide bonds. The van der Waals surface area contributed by atoms with Crippen molar-refractivity contribution in [1.29, 1.82) is 0 Å². The molecule has 2 fully saturated rings. The van der Waals surface area contributed by atoms with Crippen LogP contribution in [0.15, 0.2) is 30.0 Å². The molecule has 2 saturated heterocycles. The molecule has 2 N–H and O–H groups in total. The predicted molar refractivity (Wildman–Crippen MR) is 124 cm³/mol. The van der Waals surface area contributed by atoms with Crippen molar-refractivity contribution < 1.29 is 38.4 Å². The van der Waals surface area contributed by atoms with Crippen LogP contribution in [-0.2, 0) is 38.4 Å². The summed E-state index contributed by atoms with van der Waals surface area (Å²) in [5.74, 6) is -3.63. The summed E-state index contributed by atoms with van der Waals surface area (Å²) in [5, 5.41) is 5.08. The second-order valence-corrected chi connectivity index (χ2v) is 7.82. The quantitative estimate of drug-likeness (QED) is 0.500. The topological polar surface area (TPSA) is 170 Å². The molecule has 3 rings (SSSR count). The smallest absolute Gasteiger partial charge is 0.277 e. The van der Waals surface area contributed by atoms with Gasteiger partial charge in [0.1, 0.15) is 25.3 Å². The number of hydrogen-bond acceptors (Lipinski definition) is 8. The summed E-state index contributed by atoms with van der Waals surface area (Å²) < 4.78 is 0. The highest BCUT2D eigenvalue weighted by atomic mass is 16.2. The van der Waals surface area contributed by atoms with Gasteiger partial charge in [0.15, 0.2) is 0 Å². The third kappa shape index (κ3) is 7.16. The van der Waals surface area contributed by atoms with E-state index in [2.05, 4.69) is 10.6 Å². The maximum absolute atomic E-state index is 12.1. The molecule has 0 aliphatic carbocycles. The first-order valence-corrected chi connectivity index (χ1v) is 10.6. The largest absolute Gasteiger partial charge is 0.326 e. The minimum Gasteiger partial charge on any atom is -0.326 e. The lowest BCUT2D eigenvalue weighted by Crippen LogP contribution is -2.56. The molecule has 0 atom stereocenters. The van der Waals surface area contributed by atoms with Crippen molar-refractivity contribution in [3.8, 4) is 0 Å². The highest BCUT2D eigenvalue weighted by Crippen LogP contribution is 2.15. The molecule has 1 aromatic carbocycles. The van der Waals surface area contributed by atoms with E-state index in [1.54, 1.807) is 24.3 Å². The van der Waals surface area contributed by atoms with Crippen LogP contribution in [-0.4, -0.2) is 81.6 Å². The lowest BCUT2D eigenvalue weighted by atomic mass is 10.1. The van der Waals surface area contributed by atoms with Crippen molar-refractivity contribution in [1.82, 2.24) is 20.0 Å². The van der Waals surface area contributed by atoms with Crippen LogP contribution in [0.1, 0.15) is 33.3 Å². The Kier molecular flexibility index (Phi) is 8.91. The number of rotatable bonds is 2. The Labute approximate surface area is 206 Å². The van der Waals surface area contributed by atoms with Crippen LogP contribution in [0.25, 0.3) is 6.08 Å². The zero-order valence-electron chi connectivity index (χ0n) is 20.1. The van der Waals surface area contributed by atoms with E-state index >= 15 is 0 Å². The number of amides is 8. The first kappa shape index (κ1) is 27.6. The Morgan fingerprint density at radius 2 is 1.22 bits per heavy atom. The summed E-state index contributed by atoms with van der Waals surface area (Å²) in [6, 6.07) is 6.71. The van der Waals surface area contributed by atoms with Gasteiger partial charge >= 0.3 is 0 Å². The molecule has 1 aromatic rings. The zero-order chi connectivity index (χ0) is 27.2. The normalized spacial score (nSPS) is 16.8. The minimum absolute atomic E-state index is 0.0405. The van der Waals surface area contributed by atoms with E-state index in [1.165, 1.54) is 33.8 Å². The summed E-state index contributed by atoms with van der Waals surface area (Å²) in [6.45, 7) is 4.09. The van der Waals surface area contributed by atoms with E-state index in [1.807, 2.05) is 0 Å². The van der Waals surface area contributed by atoms with E-state index in [-0.39, 0.29) is 31.2 Å². The summed E-state index contributed by atoms with van der Waals surface area (Å²) in [5.41, 5.74) is 1.32. The van der Waals surface area contributed by atoms with Crippen molar-refractivity contribution in [2.45, 2.75) is 27.7 Å². The van der Waals surface area contributed by atoms with Gasteiger partial charge in [-0.1, -0.05) is 12.1 Å². The molecule has 0 saturated carbocycles. The Balaban J connectivity index is 0.000000281. The van der Waals surface area contributed by atoms with Crippen LogP contribution in [0.3, 0.4) is 0 Å². The van der Waals surface area contributed by atoms with Crippen LogP contribution >= 0.6 is 0 Å². The van der Waals surface area contributed by atoms with Crippen molar-refractivity contribution in [2.75, 3.05) is 25.0 Å². The van der Waals surface area contributed by atoms with Crippen LogP contribution in [0, 0.1) is 0 Å². The molecular weight excluding hydrogens is 474 g/mol. The van der Waals surface area contributed by atoms with E-state index < -0.39 is 41.4 Å². The van der Waals surface area contributed by atoms with Gasteiger partial charge in [0, 0.05) is 33.4 Å². The van der Waals surface area contributed by atoms with Gasteiger partial charge in [0.2, 0.25) is 41.4 Å². The maximum Gasteiger partial charge on any atom is 0.277 e. The lowest BCUT2D eigenvalue weighted by Gasteiger charge is -2.29. The van der Waals surface area contributed by atoms with Gasteiger partial charge in [-0.3, -0.25) is 53.1 Å². The third-order valence-electron chi connectivity index (χ3n) is 4.92. The van der Waals surface area contributed by atoms with Crippen LogP contribution in [0.4, 0.5) is 5.69 Å². The zero-order valence-corrected chi connectivity index (χ0v) is 20.1. The Morgan fingerprint density at radius 1 is 0.750 bits per heavy atom. The van der Waals surface area contributed by atoms with Crippen LogP contribution in [0.2, 0.25) is 0 Å². The molecule has 190 valence electrons. The first-order valence-electron chi connectivity index (χ1n) is 10.6. The fourth-order valence-electron chi connectivity index (χ4n) is 3.18. The molecule has 13 heteroatoms. The van der Waals surface area contributed by atoms with Gasteiger partial charge in [0.25, 0.3) is 5.91 Å². The predicted octanol–water partition coefficient (Wildman–Crippen LogP) is -0.759. The summed E-state index contributed by atoms with van der Waals surface area (Å²) in [4.78, 5) is 92.8. The second-order valence-electron chi connectivity index (χ2n) is 7.82. The average molecular weight is 499 g/mol. The van der Waals surface area contributed by atoms with E-state index in [4.69, 9.17) is 0 Å². The standard InChI is InChI=1S/C15H15N3O4.C8H10N2O4/c1-9(19)16-12-5-3-11(4-6-12)7-13-15(22)18(10(2)20)8-14(21)17-13;1-5(11)9-3-8(14)10(6(2)12)4-7(9)13/h3-7H,8H2,1-2H3,(H,16,19)(H,17,21);3-4H2,1-2H3/b13-7+;. The van der Waals surface area contributed by atoms with Crippen molar-refractivity contribution in [2.24, 2.45) is 0 Å². The molecule has 36 heavy (non-hydrogen) atoms. The molecule has 13 nitrogen and oxygen atoms in total. The number of benzene rings is 1. The van der Waals surface area contributed by atoms with Crippen LogP contribution in [0.5, 0.6) is 0 Å². The van der Waals surface area contributed by atoms with Gasteiger partial charge in [-0.25, -0.2) is 0 Å². The molecule has 2 heterocycles. The molecule has 0 unspecified atom stereocenters. The average Bonchev–Trinajstić information content (AvgIpc) is 2.78. The summed E-state index contributed by atoms with van der Waals surface area (Å²) in [7, 11) is 0. The number of nitrogens with zero attached hydrogens (tertiary/aromatic N) is 3. The number of nitrogens with one attached hydrogen (secondary N) is 2. The number of carbonyl (C=O) groups excluding carboxylic acids is 8. The number of carbonyl (C=O) groups is 8. The molecule has 0 spiro atoms. The van der Waals surface area contributed by atoms with E-state index in [0.717, 1.165) is 14.7 Å². The number of imide groups is 3. The van der Waals surface area contributed by atoms with E-state index in [9.17, 15) is 38.4 Å². The number of piperazine rings is 2. The lowest BCUT2D eigenvalue weighted by molar-refractivity contribution is -0.161. The minimum atomic E-state index is -0.543. The SMILES string of the molecule is CC(=O)N1CC(=O)N(C(C)=O)CC1=O.CC(=O)Nc1ccc(/C=C2/NC(=O)CN(C(C)=O)C2=O)cc1. The highest BCUT2D eigenvalue weighted by Gasteiger charge is 2.34. The molecule has 2 aliphatic heterocycles. The first-order chi connectivity index (χ1) is 16.8. The monoisotopic (exact) mass is 499 g/mol. The van der Waals surface area contributed by atoms with Gasteiger partial charge in [0.05, 0.1) is 0 Å². The molecule has 0 bridgehead atoms. The maximum atomic E-state index is 12.1. The Hall–Kier alpha value is -4.68.